The van der Waals surface area contributed by atoms with Crippen LogP contribution in [-0.4, -0.2) is 68.5 Å². The van der Waals surface area contributed by atoms with Gasteiger partial charge in [-0.25, -0.2) is 8.78 Å². The number of aliphatic hydroxyl groups is 1. The third kappa shape index (κ3) is 5.24. The third-order valence-electron chi connectivity index (χ3n) is 4.12. The van der Waals surface area contributed by atoms with Crippen molar-refractivity contribution in [3.8, 4) is 0 Å². The molecule has 2 fully saturated rings. The van der Waals surface area contributed by atoms with Gasteiger partial charge in [0.15, 0.2) is 0 Å². The predicted octanol–water partition coefficient (Wildman–Crippen LogP) is 1.09. The van der Waals surface area contributed by atoms with E-state index >= 15 is 0 Å². The largest absolute Gasteiger partial charge is 0.395 e. The molecule has 0 radical (unpaired) electrons. The summed E-state index contributed by atoms with van der Waals surface area (Å²) in [6.07, 6.45) is 2.05. The number of nitrogens with zero attached hydrogens (tertiary/aromatic N) is 1. The number of rotatable bonds is 9. The summed E-state index contributed by atoms with van der Waals surface area (Å²) in [4.78, 5) is 1.67. The minimum absolute atomic E-state index is 0.0836. The number of alkyl halides is 2. The third-order valence-corrected chi connectivity index (χ3v) is 4.12. The van der Waals surface area contributed by atoms with E-state index in [1.165, 1.54) is 12.8 Å². The fourth-order valence-electron chi connectivity index (χ4n) is 2.92. The average Bonchev–Trinajstić information content (AvgIpc) is 3.21. The SMILES string of the molecule is OCCN(CC(F)F)CC1(CNC2CC2)CCCOC1. The molecule has 1 aliphatic carbocycles. The Hall–Kier alpha value is -0.300. The average molecular weight is 292 g/mol. The Bertz CT molecular complexity index is 282. The van der Waals surface area contributed by atoms with Crippen molar-refractivity contribution in [2.24, 2.45) is 5.41 Å². The van der Waals surface area contributed by atoms with Crippen molar-refractivity contribution in [2.45, 2.75) is 38.2 Å². The molecule has 2 N–H and O–H groups in total. The highest BCUT2D eigenvalue weighted by Crippen LogP contribution is 2.31. The molecule has 20 heavy (non-hydrogen) atoms. The van der Waals surface area contributed by atoms with E-state index in [4.69, 9.17) is 9.84 Å². The summed E-state index contributed by atoms with van der Waals surface area (Å²) in [6.45, 7) is 2.72. The van der Waals surface area contributed by atoms with Crippen molar-refractivity contribution in [3.63, 3.8) is 0 Å². The number of hydrogen-bond donors (Lipinski definition) is 2. The molecule has 1 saturated heterocycles. The molecule has 0 amide bonds. The van der Waals surface area contributed by atoms with Gasteiger partial charge in [0, 0.05) is 37.7 Å². The number of ether oxygens (including phenoxy) is 1. The highest BCUT2D eigenvalue weighted by molar-refractivity contribution is 4.91. The van der Waals surface area contributed by atoms with E-state index in [1.54, 1.807) is 4.90 Å². The standard InChI is InChI=1S/C14H26F2N2O2/c15-13(16)8-18(5-6-19)10-14(4-1-7-20-11-14)9-17-12-2-3-12/h12-13,17,19H,1-11H2. The number of hydrogen-bond acceptors (Lipinski definition) is 4. The molecule has 1 atom stereocenters. The van der Waals surface area contributed by atoms with Gasteiger partial charge in [0.1, 0.15) is 0 Å². The molecule has 0 aromatic heterocycles. The maximum Gasteiger partial charge on any atom is 0.251 e. The summed E-state index contributed by atoms with van der Waals surface area (Å²) in [5.74, 6) is 0. The van der Waals surface area contributed by atoms with Crippen LogP contribution >= 0.6 is 0 Å². The van der Waals surface area contributed by atoms with Crippen LogP contribution in [0.3, 0.4) is 0 Å². The van der Waals surface area contributed by atoms with E-state index in [0.29, 0.717) is 25.7 Å². The van der Waals surface area contributed by atoms with Gasteiger partial charge in [0.25, 0.3) is 6.43 Å². The zero-order valence-corrected chi connectivity index (χ0v) is 12.0. The lowest BCUT2D eigenvalue weighted by Crippen LogP contribution is -2.50. The first-order valence-corrected chi connectivity index (χ1v) is 7.56. The normalized spacial score (nSPS) is 27.4. The van der Waals surface area contributed by atoms with E-state index in [2.05, 4.69) is 5.32 Å². The van der Waals surface area contributed by atoms with Crippen molar-refractivity contribution in [3.05, 3.63) is 0 Å². The molecule has 1 heterocycles. The van der Waals surface area contributed by atoms with E-state index in [-0.39, 0.29) is 18.6 Å². The molecule has 0 bridgehead atoms. The number of halogens is 2. The Kier molecular flexibility index (Phi) is 6.14. The van der Waals surface area contributed by atoms with Crippen molar-refractivity contribution >= 4 is 0 Å². The predicted molar refractivity (Wildman–Crippen MR) is 73.0 cm³/mol. The van der Waals surface area contributed by atoms with Gasteiger partial charge >= 0.3 is 0 Å². The first kappa shape index (κ1) is 16.1. The molecule has 0 aromatic carbocycles. The number of nitrogens with one attached hydrogen (secondary N) is 1. The van der Waals surface area contributed by atoms with E-state index in [9.17, 15) is 8.78 Å². The highest BCUT2D eigenvalue weighted by atomic mass is 19.3. The van der Waals surface area contributed by atoms with Gasteiger partial charge < -0.3 is 15.2 Å². The molecule has 2 rings (SSSR count). The Morgan fingerprint density at radius 1 is 1.40 bits per heavy atom. The quantitative estimate of drug-likeness (QED) is 0.668. The monoisotopic (exact) mass is 292 g/mol. The second-order valence-corrected chi connectivity index (χ2v) is 6.16. The highest BCUT2D eigenvalue weighted by Gasteiger charge is 2.36. The molecule has 6 heteroatoms. The lowest BCUT2D eigenvalue weighted by molar-refractivity contribution is -0.0367. The van der Waals surface area contributed by atoms with Crippen molar-refractivity contribution in [1.82, 2.24) is 10.2 Å². The summed E-state index contributed by atoms with van der Waals surface area (Å²) in [6, 6.07) is 0.607. The fraction of sp³-hybridized carbons (Fsp3) is 1.00. The summed E-state index contributed by atoms with van der Waals surface area (Å²) in [5, 5.41) is 12.6. The van der Waals surface area contributed by atoms with Crippen LogP contribution in [0.4, 0.5) is 8.78 Å². The minimum atomic E-state index is -2.36. The lowest BCUT2D eigenvalue weighted by Gasteiger charge is -2.41. The van der Waals surface area contributed by atoms with E-state index < -0.39 is 6.43 Å². The van der Waals surface area contributed by atoms with E-state index in [1.807, 2.05) is 0 Å². The Morgan fingerprint density at radius 3 is 2.75 bits per heavy atom. The zero-order valence-electron chi connectivity index (χ0n) is 12.0. The van der Waals surface area contributed by atoms with Crippen LogP contribution in [0.1, 0.15) is 25.7 Å². The van der Waals surface area contributed by atoms with Gasteiger partial charge in [-0.05, 0) is 25.7 Å². The first-order chi connectivity index (χ1) is 9.63. The molecule has 118 valence electrons. The Balaban J connectivity index is 1.92. The van der Waals surface area contributed by atoms with Gasteiger partial charge in [0.05, 0.1) is 19.8 Å². The summed E-state index contributed by atoms with van der Waals surface area (Å²) in [5.41, 5.74) is -0.0924. The molecule has 2 aliphatic rings. The molecule has 0 spiro atoms. The number of aliphatic hydroxyl groups excluding tert-OH is 1. The van der Waals surface area contributed by atoms with Crippen LogP contribution in [0.5, 0.6) is 0 Å². The Morgan fingerprint density at radius 2 is 2.20 bits per heavy atom. The molecular formula is C14H26F2N2O2. The second kappa shape index (κ2) is 7.64. The van der Waals surface area contributed by atoms with Crippen molar-refractivity contribution in [2.75, 3.05) is 46.0 Å². The van der Waals surface area contributed by atoms with Gasteiger partial charge in [-0.3, -0.25) is 4.90 Å². The molecule has 1 unspecified atom stereocenters. The van der Waals surface area contributed by atoms with Gasteiger partial charge in [0.2, 0.25) is 0 Å². The summed E-state index contributed by atoms with van der Waals surface area (Å²) >= 11 is 0. The van der Waals surface area contributed by atoms with Crippen LogP contribution in [0.2, 0.25) is 0 Å². The van der Waals surface area contributed by atoms with Crippen LogP contribution in [0.25, 0.3) is 0 Å². The van der Waals surface area contributed by atoms with Crippen LogP contribution < -0.4 is 5.32 Å². The molecule has 1 aliphatic heterocycles. The van der Waals surface area contributed by atoms with Crippen molar-refractivity contribution in [1.29, 1.82) is 0 Å². The van der Waals surface area contributed by atoms with Crippen molar-refractivity contribution < 1.29 is 18.6 Å². The summed E-state index contributed by atoms with van der Waals surface area (Å²) in [7, 11) is 0. The fourth-order valence-corrected chi connectivity index (χ4v) is 2.92. The van der Waals surface area contributed by atoms with Crippen LogP contribution in [-0.2, 0) is 4.74 Å². The summed E-state index contributed by atoms with van der Waals surface area (Å²) < 4.78 is 30.9. The maximum atomic E-state index is 12.6. The van der Waals surface area contributed by atoms with Gasteiger partial charge in [-0.15, -0.1) is 0 Å². The maximum absolute atomic E-state index is 12.6. The molecule has 1 saturated carbocycles. The first-order valence-electron chi connectivity index (χ1n) is 7.56. The van der Waals surface area contributed by atoms with Gasteiger partial charge in [-0.2, -0.15) is 0 Å². The topological polar surface area (TPSA) is 44.7 Å². The molecule has 0 aromatic rings. The Labute approximate surface area is 119 Å². The molecule has 4 nitrogen and oxygen atoms in total. The van der Waals surface area contributed by atoms with Gasteiger partial charge in [-0.1, -0.05) is 0 Å². The minimum Gasteiger partial charge on any atom is -0.395 e. The van der Waals surface area contributed by atoms with E-state index in [0.717, 1.165) is 26.0 Å². The zero-order chi connectivity index (χ0) is 14.4. The lowest BCUT2D eigenvalue weighted by atomic mass is 9.81. The molecular weight excluding hydrogens is 266 g/mol. The van der Waals surface area contributed by atoms with Crippen LogP contribution in [0, 0.1) is 5.41 Å². The van der Waals surface area contributed by atoms with Crippen LogP contribution in [0.15, 0.2) is 0 Å². The second-order valence-electron chi connectivity index (χ2n) is 6.16. The smallest absolute Gasteiger partial charge is 0.251 e.